The van der Waals surface area contributed by atoms with Crippen LogP contribution >= 0.6 is 0 Å². The molecule has 0 aliphatic heterocycles. The van der Waals surface area contributed by atoms with Crippen molar-refractivity contribution in [2.24, 2.45) is 5.41 Å². The third-order valence-corrected chi connectivity index (χ3v) is 4.13. The Kier molecular flexibility index (Phi) is 8.63. The molecule has 0 heterocycles. The quantitative estimate of drug-likeness (QED) is 0.581. The highest BCUT2D eigenvalue weighted by Gasteiger charge is 2.32. The van der Waals surface area contributed by atoms with Crippen LogP contribution in [0.1, 0.15) is 11.1 Å². The second-order valence-electron chi connectivity index (χ2n) is 6.38. The largest absolute Gasteiger partial charge is 0.394 e. The Balaban J connectivity index is 2.22. The Morgan fingerprint density at radius 3 is 1.40 bits per heavy atom. The average molecular weight is 344 g/mol. The molecular formula is C21H28O4. The first-order valence-corrected chi connectivity index (χ1v) is 8.73. The molecular weight excluding hydrogens is 316 g/mol. The van der Waals surface area contributed by atoms with Gasteiger partial charge in [0.25, 0.3) is 0 Å². The molecule has 2 aromatic rings. The normalized spacial score (nSPS) is 11.6. The Hall–Kier alpha value is -1.72. The summed E-state index contributed by atoms with van der Waals surface area (Å²) in [6.07, 6.45) is 1.61. The number of rotatable bonds is 12. The number of hydrogen-bond donors (Lipinski definition) is 2. The van der Waals surface area contributed by atoms with Gasteiger partial charge < -0.3 is 19.7 Å². The van der Waals surface area contributed by atoms with Crippen LogP contribution in [-0.4, -0.2) is 49.9 Å². The van der Waals surface area contributed by atoms with Crippen molar-refractivity contribution < 1.29 is 19.7 Å². The molecule has 0 unspecified atom stereocenters. The Morgan fingerprint density at radius 1 is 0.640 bits per heavy atom. The van der Waals surface area contributed by atoms with Crippen LogP contribution < -0.4 is 0 Å². The smallest absolute Gasteiger partial charge is 0.0698 e. The average Bonchev–Trinajstić information content (AvgIpc) is 2.64. The molecule has 2 aromatic carbocycles. The third-order valence-electron chi connectivity index (χ3n) is 4.13. The maximum absolute atomic E-state index is 9.07. The fraction of sp³-hybridized carbons (Fsp3) is 0.429. The van der Waals surface area contributed by atoms with Gasteiger partial charge in [0.2, 0.25) is 0 Å². The molecule has 0 radical (unpaired) electrons. The van der Waals surface area contributed by atoms with Crippen molar-refractivity contribution in [3.05, 3.63) is 71.8 Å². The van der Waals surface area contributed by atoms with Crippen LogP contribution in [0.4, 0.5) is 0 Å². The van der Waals surface area contributed by atoms with Gasteiger partial charge in [0.1, 0.15) is 0 Å². The molecule has 2 rings (SSSR count). The molecule has 0 aromatic heterocycles. The summed E-state index contributed by atoms with van der Waals surface area (Å²) < 4.78 is 11.5. The molecule has 4 heteroatoms. The first kappa shape index (κ1) is 19.6. The van der Waals surface area contributed by atoms with Crippen molar-refractivity contribution in [3.8, 4) is 0 Å². The van der Waals surface area contributed by atoms with E-state index in [1.165, 1.54) is 11.1 Å². The SMILES string of the molecule is OCCOCC(COCCO)(Cc1ccccc1)Cc1ccccc1. The molecule has 0 fully saturated rings. The standard InChI is InChI=1S/C21H28O4/c22-11-13-24-17-21(18-25-14-12-23,15-19-7-3-1-4-8-19)16-20-9-5-2-6-10-20/h1-10,22-23H,11-18H2. The summed E-state index contributed by atoms with van der Waals surface area (Å²) in [7, 11) is 0. The van der Waals surface area contributed by atoms with Gasteiger partial charge in [-0.15, -0.1) is 0 Å². The van der Waals surface area contributed by atoms with Gasteiger partial charge in [0, 0.05) is 5.41 Å². The van der Waals surface area contributed by atoms with Crippen LogP contribution in [0, 0.1) is 5.41 Å². The zero-order chi connectivity index (χ0) is 17.8. The second-order valence-corrected chi connectivity index (χ2v) is 6.38. The molecule has 0 bridgehead atoms. The number of benzene rings is 2. The van der Waals surface area contributed by atoms with Crippen LogP contribution in [0.5, 0.6) is 0 Å². The highest BCUT2D eigenvalue weighted by atomic mass is 16.5. The van der Waals surface area contributed by atoms with Gasteiger partial charge >= 0.3 is 0 Å². The van der Waals surface area contributed by atoms with Gasteiger partial charge in [-0.25, -0.2) is 0 Å². The van der Waals surface area contributed by atoms with Gasteiger partial charge in [-0.2, -0.15) is 0 Å². The molecule has 25 heavy (non-hydrogen) atoms. The van der Waals surface area contributed by atoms with Gasteiger partial charge in [0.05, 0.1) is 39.6 Å². The monoisotopic (exact) mass is 344 g/mol. The van der Waals surface area contributed by atoms with Crippen LogP contribution in [0.3, 0.4) is 0 Å². The summed E-state index contributed by atoms with van der Waals surface area (Å²) in [5, 5.41) is 18.1. The van der Waals surface area contributed by atoms with Gasteiger partial charge in [-0.05, 0) is 24.0 Å². The lowest BCUT2D eigenvalue weighted by atomic mass is 9.77. The fourth-order valence-electron chi connectivity index (χ4n) is 3.07. The van der Waals surface area contributed by atoms with E-state index >= 15 is 0 Å². The lowest BCUT2D eigenvalue weighted by Gasteiger charge is -2.34. The van der Waals surface area contributed by atoms with Crippen molar-refractivity contribution in [1.82, 2.24) is 0 Å². The van der Waals surface area contributed by atoms with E-state index in [1.54, 1.807) is 0 Å². The van der Waals surface area contributed by atoms with E-state index < -0.39 is 0 Å². The van der Waals surface area contributed by atoms with E-state index in [-0.39, 0.29) is 18.6 Å². The van der Waals surface area contributed by atoms with Gasteiger partial charge in [-0.3, -0.25) is 0 Å². The van der Waals surface area contributed by atoms with Crippen LogP contribution in [-0.2, 0) is 22.3 Å². The maximum atomic E-state index is 9.07. The Morgan fingerprint density at radius 2 is 1.04 bits per heavy atom. The molecule has 136 valence electrons. The molecule has 0 saturated carbocycles. The van der Waals surface area contributed by atoms with Crippen molar-refractivity contribution >= 4 is 0 Å². The topological polar surface area (TPSA) is 58.9 Å². The van der Waals surface area contributed by atoms with E-state index in [1.807, 2.05) is 36.4 Å². The number of aliphatic hydroxyl groups is 2. The van der Waals surface area contributed by atoms with Crippen molar-refractivity contribution in [2.45, 2.75) is 12.8 Å². The van der Waals surface area contributed by atoms with Crippen molar-refractivity contribution in [3.63, 3.8) is 0 Å². The highest BCUT2D eigenvalue weighted by molar-refractivity contribution is 5.21. The lowest BCUT2D eigenvalue weighted by molar-refractivity contribution is -0.0359. The molecule has 0 saturated heterocycles. The van der Waals surface area contributed by atoms with E-state index in [4.69, 9.17) is 19.7 Å². The predicted octanol–water partition coefficient (Wildman–Crippen LogP) is 2.48. The summed E-state index contributed by atoms with van der Waals surface area (Å²) in [6.45, 7) is 1.61. The summed E-state index contributed by atoms with van der Waals surface area (Å²) in [4.78, 5) is 0. The first-order valence-electron chi connectivity index (χ1n) is 8.73. The zero-order valence-electron chi connectivity index (χ0n) is 14.6. The highest BCUT2D eigenvalue weighted by Crippen LogP contribution is 2.29. The Labute approximate surface area is 150 Å². The van der Waals surface area contributed by atoms with Crippen LogP contribution in [0.15, 0.2) is 60.7 Å². The summed E-state index contributed by atoms with van der Waals surface area (Å²) in [5.41, 5.74) is 2.19. The Bertz CT molecular complexity index is 517. The number of ether oxygens (including phenoxy) is 2. The third kappa shape index (κ3) is 6.96. The van der Waals surface area contributed by atoms with E-state index in [0.29, 0.717) is 26.4 Å². The van der Waals surface area contributed by atoms with E-state index in [9.17, 15) is 0 Å². The minimum atomic E-state index is -0.257. The molecule has 2 N–H and O–H groups in total. The van der Waals surface area contributed by atoms with E-state index in [2.05, 4.69) is 24.3 Å². The number of aliphatic hydroxyl groups excluding tert-OH is 2. The summed E-state index contributed by atoms with van der Waals surface area (Å²) >= 11 is 0. The maximum Gasteiger partial charge on any atom is 0.0698 e. The van der Waals surface area contributed by atoms with Crippen LogP contribution in [0.2, 0.25) is 0 Å². The molecule has 0 spiro atoms. The van der Waals surface area contributed by atoms with Gasteiger partial charge in [0.15, 0.2) is 0 Å². The predicted molar refractivity (Wildman–Crippen MR) is 98.5 cm³/mol. The van der Waals surface area contributed by atoms with E-state index in [0.717, 1.165) is 12.8 Å². The fourth-order valence-corrected chi connectivity index (χ4v) is 3.07. The zero-order valence-corrected chi connectivity index (χ0v) is 14.6. The first-order chi connectivity index (χ1) is 12.3. The van der Waals surface area contributed by atoms with Crippen molar-refractivity contribution in [1.29, 1.82) is 0 Å². The molecule has 0 amide bonds. The summed E-state index contributed by atoms with van der Waals surface area (Å²) in [6, 6.07) is 20.6. The minimum Gasteiger partial charge on any atom is -0.394 e. The second kappa shape index (κ2) is 11.0. The number of hydrogen-bond acceptors (Lipinski definition) is 4. The summed E-state index contributed by atoms with van der Waals surface area (Å²) in [5.74, 6) is 0. The molecule has 4 nitrogen and oxygen atoms in total. The lowest BCUT2D eigenvalue weighted by Crippen LogP contribution is -2.38. The molecule has 0 atom stereocenters. The molecule has 0 aliphatic rings. The molecule has 0 aliphatic carbocycles. The van der Waals surface area contributed by atoms with Gasteiger partial charge in [-0.1, -0.05) is 60.7 Å². The van der Waals surface area contributed by atoms with Crippen LogP contribution in [0.25, 0.3) is 0 Å². The minimum absolute atomic E-state index is 0.00422. The van der Waals surface area contributed by atoms with Crippen molar-refractivity contribution in [2.75, 3.05) is 39.6 Å².